The van der Waals surface area contributed by atoms with Crippen molar-refractivity contribution in [2.75, 3.05) is 6.54 Å². The first-order valence-corrected chi connectivity index (χ1v) is 6.60. The Morgan fingerprint density at radius 1 is 1.29 bits per heavy atom. The van der Waals surface area contributed by atoms with Gasteiger partial charge in [-0.2, -0.15) is 0 Å². The molecule has 0 aliphatic heterocycles. The Hall–Kier alpha value is -1.06. The molecule has 96 valence electrons. The van der Waals surface area contributed by atoms with Gasteiger partial charge in [0.1, 0.15) is 0 Å². The Morgan fingerprint density at radius 3 is 2.41 bits per heavy atom. The van der Waals surface area contributed by atoms with E-state index in [0.717, 1.165) is 25.2 Å². The average molecular weight is 239 g/mol. The highest BCUT2D eigenvalue weighted by Gasteiger charge is 2.34. The molecule has 0 spiro atoms. The maximum Gasteiger partial charge on any atom is 0.308 e. The molecular weight excluding hydrogens is 218 g/mol. The number of carboxylic acid groups (broad SMARTS) is 1. The van der Waals surface area contributed by atoms with Crippen molar-refractivity contribution in [2.24, 2.45) is 11.8 Å². The van der Waals surface area contributed by atoms with E-state index in [9.17, 15) is 9.59 Å². The molecule has 0 bridgehead atoms. The average Bonchev–Trinajstić information content (AvgIpc) is 3.15. The van der Waals surface area contributed by atoms with Crippen molar-refractivity contribution >= 4 is 11.9 Å². The third-order valence-electron chi connectivity index (χ3n) is 3.66. The highest BCUT2D eigenvalue weighted by Crippen LogP contribution is 2.34. The van der Waals surface area contributed by atoms with Gasteiger partial charge in [0.2, 0.25) is 5.91 Å². The summed E-state index contributed by atoms with van der Waals surface area (Å²) in [6.07, 6.45) is 6.21. The minimum absolute atomic E-state index is 0.160. The predicted octanol–water partition coefficient (Wildman–Crippen LogP) is 1.89. The second-order valence-corrected chi connectivity index (χ2v) is 5.50. The molecule has 0 heterocycles. The number of hydrogen-bond acceptors (Lipinski definition) is 2. The third kappa shape index (κ3) is 3.72. The van der Waals surface area contributed by atoms with Crippen LogP contribution in [0.1, 0.15) is 45.4 Å². The Bertz CT molecular complexity index is 308. The number of carbonyl (C=O) groups is 2. The molecule has 0 aromatic carbocycles. The monoisotopic (exact) mass is 239 g/mol. The van der Waals surface area contributed by atoms with Crippen LogP contribution in [0.15, 0.2) is 0 Å². The summed E-state index contributed by atoms with van der Waals surface area (Å²) >= 11 is 0. The Balaban J connectivity index is 1.81. The molecule has 1 N–H and O–H groups in total. The number of rotatable bonds is 7. The maximum absolute atomic E-state index is 12.0. The van der Waals surface area contributed by atoms with Gasteiger partial charge in [-0.25, -0.2) is 0 Å². The maximum atomic E-state index is 12.0. The van der Waals surface area contributed by atoms with Crippen molar-refractivity contribution in [1.82, 2.24) is 4.90 Å². The summed E-state index contributed by atoms with van der Waals surface area (Å²) in [7, 11) is 0. The predicted molar refractivity (Wildman–Crippen MR) is 63.5 cm³/mol. The lowest BCUT2D eigenvalue weighted by molar-refractivity contribution is -0.143. The van der Waals surface area contributed by atoms with E-state index in [2.05, 4.69) is 0 Å². The molecule has 2 fully saturated rings. The fourth-order valence-electron chi connectivity index (χ4n) is 2.09. The van der Waals surface area contributed by atoms with Crippen LogP contribution in [0.3, 0.4) is 0 Å². The fraction of sp³-hybridized carbons (Fsp3) is 0.846. The Kier molecular flexibility index (Phi) is 3.69. The van der Waals surface area contributed by atoms with Crippen LogP contribution in [0.5, 0.6) is 0 Å². The summed E-state index contributed by atoms with van der Waals surface area (Å²) in [5.74, 6) is -0.351. The first-order valence-electron chi connectivity index (χ1n) is 6.60. The van der Waals surface area contributed by atoms with Crippen LogP contribution in [-0.2, 0) is 9.59 Å². The summed E-state index contributed by atoms with van der Waals surface area (Å²) in [5, 5.41) is 8.91. The van der Waals surface area contributed by atoms with Gasteiger partial charge in [-0.05, 0) is 25.2 Å². The molecule has 4 nitrogen and oxygen atoms in total. The molecule has 2 aliphatic rings. The minimum Gasteiger partial charge on any atom is -0.481 e. The lowest BCUT2D eigenvalue weighted by atomic mass is 10.1. The molecule has 0 aromatic rings. The molecule has 1 amide bonds. The zero-order chi connectivity index (χ0) is 12.4. The molecular formula is C13H21NO3. The highest BCUT2D eigenvalue weighted by atomic mass is 16.4. The van der Waals surface area contributed by atoms with Crippen LogP contribution in [-0.4, -0.2) is 34.5 Å². The lowest BCUT2D eigenvalue weighted by Gasteiger charge is -2.24. The zero-order valence-corrected chi connectivity index (χ0v) is 10.4. The first kappa shape index (κ1) is 12.4. The number of nitrogens with zero attached hydrogens (tertiary/aromatic N) is 1. The van der Waals surface area contributed by atoms with Crippen molar-refractivity contribution in [3.63, 3.8) is 0 Å². The van der Waals surface area contributed by atoms with E-state index in [1.165, 1.54) is 12.8 Å². The molecule has 0 aromatic heterocycles. The second kappa shape index (κ2) is 5.07. The van der Waals surface area contributed by atoms with Crippen molar-refractivity contribution in [2.45, 2.75) is 51.5 Å². The number of carbonyl (C=O) groups excluding carboxylic acids is 1. The van der Waals surface area contributed by atoms with Gasteiger partial charge >= 0.3 is 5.97 Å². The van der Waals surface area contributed by atoms with Crippen LogP contribution in [0.4, 0.5) is 0 Å². The highest BCUT2D eigenvalue weighted by molar-refractivity contribution is 5.78. The SMILES string of the molecule is CC(CN(C(=O)CCC1CC1)C1CC1)C(=O)O. The molecule has 1 atom stereocenters. The van der Waals surface area contributed by atoms with Gasteiger partial charge < -0.3 is 10.0 Å². The van der Waals surface area contributed by atoms with E-state index in [0.29, 0.717) is 19.0 Å². The van der Waals surface area contributed by atoms with Gasteiger partial charge in [-0.1, -0.05) is 19.8 Å². The number of hydrogen-bond donors (Lipinski definition) is 1. The van der Waals surface area contributed by atoms with E-state index >= 15 is 0 Å². The van der Waals surface area contributed by atoms with Gasteiger partial charge in [0.15, 0.2) is 0 Å². The number of carboxylic acids is 1. The fourth-order valence-corrected chi connectivity index (χ4v) is 2.09. The standard InChI is InChI=1S/C13H21NO3/c1-9(13(16)17)8-14(11-5-6-11)12(15)7-4-10-2-3-10/h9-11H,2-8H2,1H3,(H,16,17). The van der Waals surface area contributed by atoms with Gasteiger partial charge in [-0.15, -0.1) is 0 Å². The molecule has 1 unspecified atom stereocenters. The number of amides is 1. The molecule has 0 radical (unpaired) electrons. The van der Waals surface area contributed by atoms with Crippen molar-refractivity contribution in [1.29, 1.82) is 0 Å². The molecule has 2 rings (SSSR count). The smallest absolute Gasteiger partial charge is 0.308 e. The number of aliphatic carboxylic acids is 1. The first-order chi connectivity index (χ1) is 8.08. The van der Waals surface area contributed by atoms with Gasteiger partial charge in [0.05, 0.1) is 5.92 Å². The third-order valence-corrected chi connectivity index (χ3v) is 3.66. The topological polar surface area (TPSA) is 57.6 Å². The van der Waals surface area contributed by atoms with Crippen molar-refractivity contribution in [3.8, 4) is 0 Å². The largest absolute Gasteiger partial charge is 0.481 e. The van der Waals surface area contributed by atoms with E-state index in [4.69, 9.17) is 5.11 Å². The van der Waals surface area contributed by atoms with E-state index < -0.39 is 11.9 Å². The van der Waals surface area contributed by atoms with Crippen LogP contribution in [0.25, 0.3) is 0 Å². The summed E-state index contributed by atoms with van der Waals surface area (Å²) in [5.41, 5.74) is 0. The normalized spacial score (nSPS) is 21.0. The quantitative estimate of drug-likeness (QED) is 0.738. The van der Waals surface area contributed by atoms with Crippen LogP contribution in [0, 0.1) is 11.8 Å². The van der Waals surface area contributed by atoms with Crippen molar-refractivity contribution < 1.29 is 14.7 Å². The lowest BCUT2D eigenvalue weighted by Crippen LogP contribution is -2.38. The zero-order valence-electron chi connectivity index (χ0n) is 10.4. The van der Waals surface area contributed by atoms with Crippen LogP contribution in [0.2, 0.25) is 0 Å². The molecule has 17 heavy (non-hydrogen) atoms. The van der Waals surface area contributed by atoms with Gasteiger partial charge in [0, 0.05) is 19.0 Å². The summed E-state index contributed by atoms with van der Waals surface area (Å²) in [4.78, 5) is 24.7. The molecule has 4 heteroatoms. The minimum atomic E-state index is -0.814. The van der Waals surface area contributed by atoms with Gasteiger partial charge in [-0.3, -0.25) is 9.59 Å². The van der Waals surface area contributed by atoms with Crippen LogP contribution < -0.4 is 0 Å². The second-order valence-electron chi connectivity index (χ2n) is 5.50. The van der Waals surface area contributed by atoms with Gasteiger partial charge in [0.25, 0.3) is 0 Å². The summed E-state index contributed by atoms with van der Waals surface area (Å²) < 4.78 is 0. The Morgan fingerprint density at radius 2 is 1.94 bits per heavy atom. The van der Waals surface area contributed by atoms with E-state index in [-0.39, 0.29) is 5.91 Å². The van der Waals surface area contributed by atoms with E-state index in [1.54, 1.807) is 11.8 Å². The molecule has 0 saturated heterocycles. The van der Waals surface area contributed by atoms with E-state index in [1.807, 2.05) is 0 Å². The summed E-state index contributed by atoms with van der Waals surface area (Å²) in [6, 6.07) is 0.323. The van der Waals surface area contributed by atoms with Crippen molar-refractivity contribution in [3.05, 3.63) is 0 Å². The summed E-state index contributed by atoms with van der Waals surface area (Å²) in [6.45, 7) is 2.05. The Labute approximate surface area is 102 Å². The van der Waals surface area contributed by atoms with Crippen LogP contribution >= 0.6 is 0 Å². The molecule has 2 aliphatic carbocycles. The molecule has 2 saturated carbocycles.